The third-order valence-electron chi connectivity index (χ3n) is 3.15. The summed E-state index contributed by atoms with van der Waals surface area (Å²) in [5.41, 5.74) is 10.5. The number of primary amides is 1. The molecule has 0 aliphatic carbocycles. The topological polar surface area (TPSA) is 155 Å². The van der Waals surface area contributed by atoms with Crippen molar-refractivity contribution in [3.05, 3.63) is 41.9 Å². The monoisotopic (exact) mass is 345 g/mol. The molecule has 0 bridgehead atoms. The first-order chi connectivity index (χ1) is 11.8. The van der Waals surface area contributed by atoms with Crippen LogP contribution >= 0.6 is 0 Å². The molecule has 0 aromatic carbocycles. The first kappa shape index (κ1) is 16.1. The van der Waals surface area contributed by atoms with Crippen molar-refractivity contribution in [1.82, 2.24) is 19.7 Å². The van der Waals surface area contributed by atoms with Gasteiger partial charge < -0.3 is 21.2 Å². The van der Waals surface area contributed by atoms with Crippen LogP contribution in [0.15, 0.2) is 29.1 Å². The molecule has 0 spiro atoms. The molecule has 10 nitrogen and oxygen atoms in total. The number of carbonyl (C=O) groups excluding carboxylic acids is 2. The summed E-state index contributed by atoms with van der Waals surface area (Å²) in [6.45, 7) is 0. The number of hydrogen-bond acceptors (Lipinski definition) is 7. The number of nitrogens with zero attached hydrogens (tertiary/aromatic N) is 4. The standard InChI is InChI=1S/C14H12FN7O3/c1-22-4-8(11(21-22)12(17)23)19-13(24)9-5-25-14(20-9)6-2-10(16)18-3-7(6)15/h2-5H,1H3,(H2,16,18)(H2,17,23)(H,19,24). The fourth-order valence-corrected chi connectivity index (χ4v) is 2.07. The minimum Gasteiger partial charge on any atom is -0.444 e. The second-order valence-electron chi connectivity index (χ2n) is 5.01. The molecule has 5 N–H and O–H groups in total. The molecular formula is C14H12FN7O3. The van der Waals surface area contributed by atoms with Crippen LogP contribution in [0.4, 0.5) is 15.9 Å². The van der Waals surface area contributed by atoms with Gasteiger partial charge in [-0.2, -0.15) is 5.10 Å². The molecule has 2 amide bonds. The molecule has 3 heterocycles. The summed E-state index contributed by atoms with van der Waals surface area (Å²) in [6.07, 6.45) is 3.37. The third kappa shape index (κ3) is 3.15. The van der Waals surface area contributed by atoms with Crippen molar-refractivity contribution in [3.8, 4) is 11.5 Å². The lowest BCUT2D eigenvalue weighted by atomic mass is 10.2. The maximum absolute atomic E-state index is 13.8. The summed E-state index contributed by atoms with van der Waals surface area (Å²) in [5.74, 6) is -2.26. The van der Waals surface area contributed by atoms with Crippen molar-refractivity contribution in [3.63, 3.8) is 0 Å². The van der Waals surface area contributed by atoms with Crippen LogP contribution in [-0.2, 0) is 7.05 Å². The quantitative estimate of drug-likeness (QED) is 0.623. The lowest BCUT2D eigenvalue weighted by Crippen LogP contribution is -2.18. The van der Waals surface area contributed by atoms with Gasteiger partial charge in [0.2, 0.25) is 5.89 Å². The highest BCUT2D eigenvalue weighted by atomic mass is 19.1. The average molecular weight is 345 g/mol. The largest absolute Gasteiger partial charge is 0.444 e. The number of oxazole rings is 1. The number of aryl methyl sites for hydroxylation is 1. The van der Waals surface area contributed by atoms with Crippen LogP contribution in [0.1, 0.15) is 21.0 Å². The summed E-state index contributed by atoms with van der Waals surface area (Å²) in [7, 11) is 1.56. The van der Waals surface area contributed by atoms with Crippen LogP contribution in [0.5, 0.6) is 0 Å². The number of aromatic nitrogens is 4. The predicted molar refractivity (Wildman–Crippen MR) is 83.8 cm³/mol. The Kier molecular flexibility index (Phi) is 3.89. The van der Waals surface area contributed by atoms with Crippen molar-refractivity contribution in [2.24, 2.45) is 12.8 Å². The van der Waals surface area contributed by atoms with Crippen LogP contribution in [0.3, 0.4) is 0 Å². The van der Waals surface area contributed by atoms with Gasteiger partial charge in [0.1, 0.15) is 12.1 Å². The van der Waals surface area contributed by atoms with E-state index in [2.05, 4.69) is 20.4 Å². The van der Waals surface area contributed by atoms with Gasteiger partial charge in [0.15, 0.2) is 17.2 Å². The second-order valence-corrected chi connectivity index (χ2v) is 5.01. The highest BCUT2D eigenvalue weighted by Gasteiger charge is 2.20. The van der Waals surface area contributed by atoms with Crippen molar-refractivity contribution in [1.29, 1.82) is 0 Å². The molecule has 3 aromatic heterocycles. The Balaban J connectivity index is 1.86. The lowest BCUT2D eigenvalue weighted by Gasteiger charge is -2.00. The minimum absolute atomic E-state index is 0.0363. The van der Waals surface area contributed by atoms with Gasteiger partial charge >= 0.3 is 0 Å². The van der Waals surface area contributed by atoms with Gasteiger partial charge in [-0.05, 0) is 6.07 Å². The van der Waals surface area contributed by atoms with Gasteiger partial charge in [0.25, 0.3) is 11.8 Å². The highest BCUT2D eigenvalue weighted by molar-refractivity contribution is 6.07. The Bertz CT molecular complexity index is 979. The number of anilines is 2. The first-order valence-corrected chi connectivity index (χ1v) is 6.87. The summed E-state index contributed by atoms with van der Waals surface area (Å²) < 4.78 is 20.2. The lowest BCUT2D eigenvalue weighted by molar-refractivity contribution is 0.0995. The van der Waals surface area contributed by atoms with Gasteiger partial charge in [-0.15, -0.1) is 0 Å². The smallest absolute Gasteiger partial charge is 0.277 e. The molecule has 128 valence electrons. The van der Waals surface area contributed by atoms with E-state index in [1.54, 1.807) is 7.05 Å². The number of pyridine rings is 1. The molecule has 0 saturated heterocycles. The zero-order valence-corrected chi connectivity index (χ0v) is 12.9. The van der Waals surface area contributed by atoms with Crippen LogP contribution in [-0.4, -0.2) is 31.6 Å². The maximum Gasteiger partial charge on any atom is 0.277 e. The minimum atomic E-state index is -0.800. The van der Waals surface area contributed by atoms with E-state index in [1.807, 2.05) is 0 Å². The van der Waals surface area contributed by atoms with Gasteiger partial charge in [-0.1, -0.05) is 0 Å². The predicted octanol–water partition coefficient (Wildman–Crippen LogP) is 0.543. The number of amides is 2. The molecule has 3 aromatic rings. The zero-order valence-electron chi connectivity index (χ0n) is 12.9. The number of halogens is 1. The molecule has 0 saturated carbocycles. The normalized spacial score (nSPS) is 10.6. The number of nitrogens with two attached hydrogens (primary N) is 2. The van der Waals surface area contributed by atoms with E-state index in [9.17, 15) is 14.0 Å². The molecule has 0 unspecified atom stereocenters. The van der Waals surface area contributed by atoms with E-state index in [4.69, 9.17) is 15.9 Å². The number of hydrogen-bond donors (Lipinski definition) is 3. The van der Waals surface area contributed by atoms with Gasteiger partial charge in [0.05, 0.1) is 17.4 Å². The summed E-state index contributed by atoms with van der Waals surface area (Å²) >= 11 is 0. The average Bonchev–Trinajstić information content (AvgIpc) is 3.16. The maximum atomic E-state index is 13.8. The van der Waals surface area contributed by atoms with E-state index in [1.165, 1.54) is 16.9 Å². The third-order valence-corrected chi connectivity index (χ3v) is 3.15. The molecule has 0 radical (unpaired) electrons. The summed E-state index contributed by atoms with van der Waals surface area (Å²) in [6, 6.07) is 1.23. The van der Waals surface area contributed by atoms with Crippen molar-refractivity contribution >= 4 is 23.3 Å². The van der Waals surface area contributed by atoms with Gasteiger partial charge in [-0.25, -0.2) is 14.4 Å². The molecule has 0 aliphatic heterocycles. The van der Waals surface area contributed by atoms with E-state index in [0.717, 1.165) is 12.5 Å². The molecule has 3 rings (SSSR count). The molecule has 0 fully saturated rings. The Morgan fingerprint density at radius 2 is 2.16 bits per heavy atom. The van der Waals surface area contributed by atoms with E-state index >= 15 is 0 Å². The van der Waals surface area contributed by atoms with Gasteiger partial charge in [-0.3, -0.25) is 14.3 Å². The van der Waals surface area contributed by atoms with Crippen LogP contribution in [0, 0.1) is 5.82 Å². The Morgan fingerprint density at radius 1 is 1.40 bits per heavy atom. The molecule has 0 atom stereocenters. The number of rotatable bonds is 4. The Labute approximate surface area is 139 Å². The van der Waals surface area contributed by atoms with Crippen LogP contribution < -0.4 is 16.8 Å². The molecular weight excluding hydrogens is 333 g/mol. The van der Waals surface area contributed by atoms with Gasteiger partial charge in [0, 0.05) is 13.2 Å². The van der Waals surface area contributed by atoms with Crippen LogP contribution in [0.2, 0.25) is 0 Å². The van der Waals surface area contributed by atoms with E-state index < -0.39 is 17.6 Å². The summed E-state index contributed by atoms with van der Waals surface area (Å²) in [4.78, 5) is 31.1. The Hall–Kier alpha value is -3.76. The number of nitrogen functional groups attached to an aromatic ring is 1. The van der Waals surface area contributed by atoms with Crippen LogP contribution in [0.25, 0.3) is 11.5 Å². The molecule has 0 aliphatic rings. The van der Waals surface area contributed by atoms with E-state index in [0.29, 0.717) is 0 Å². The summed E-state index contributed by atoms with van der Waals surface area (Å²) in [5, 5.41) is 6.29. The first-order valence-electron chi connectivity index (χ1n) is 6.87. The Morgan fingerprint density at radius 3 is 2.88 bits per heavy atom. The molecule has 11 heteroatoms. The van der Waals surface area contributed by atoms with Crippen molar-refractivity contribution in [2.45, 2.75) is 0 Å². The second kappa shape index (κ2) is 6.03. The number of nitrogens with one attached hydrogen (secondary N) is 1. The van der Waals surface area contributed by atoms with E-state index in [-0.39, 0.29) is 34.3 Å². The fraction of sp³-hybridized carbons (Fsp3) is 0.0714. The zero-order chi connectivity index (χ0) is 18.1. The molecule has 25 heavy (non-hydrogen) atoms. The fourth-order valence-electron chi connectivity index (χ4n) is 2.07. The SMILES string of the molecule is Cn1cc(NC(=O)c2coc(-c3cc(N)ncc3F)n2)c(C(N)=O)n1. The highest BCUT2D eigenvalue weighted by Crippen LogP contribution is 2.23. The number of carbonyl (C=O) groups is 2. The van der Waals surface area contributed by atoms with Crippen molar-refractivity contribution < 1.29 is 18.4 Å². The van der Waals surface area contributed by atoms with Crippen molar-refractivity contribution in [2.75, 3.05) is 11.1 Å².